The van der Waals surface area contributed by atoms with E-state index in [2.05, 4.69) is 5.32 Å². The number of carbonyl (C=O) groups excluding carboxylic acids is 1. The van der Waals surface area contributed by atoms with Crippen LogP contribution in [0.2, 0.25) is 0 Å². The Hall–Kier alpha value is -1.38. The van der Waals surface area contributed by atoms with Crippen LogP contribution < -0.4 is 11.1 Å². The molecule has 2 rings (SSSR count). The van der Waals surface area contributed by atoms with Gasteiger partial charge in [0, 0.05) is 32.4 Å². The molecule has 1 aliphatic rings. The van der Waals surface area contributed by atoms with Crippen LogP contribution in [-0.2, 0) is 17.1 Å². The predicted molar refractivity (Wildman–Crippen MR) is 74.8 cm³/mol. The zero-order chi connectivity index (χ0) is 14.9. The van der Waals surface area contributed by atoms with Gasteiger partial charge in [0.25, 0.3) is 5.91 Å². The van der Waals surface area contributed by atoms with Gasteiger partial charge in [-0.25, -0.2) is 8.42 Å². The third-order valence-corrected chi connectivity index (χ3v) is 5.60. The number of rotatable bonds is 4. The van der Waals surface area contributed by atoms with E-state index in [4.69, 9.17) is 5.73 Å². The highest BCUT2D eigenvalue weighted by atomic mass is 32.2. The van der Waals surface area contributed by atoms with E-state index in [1.165, 1.54) is 21.1 Å². The Morgan fingerprint density at radius 1 is 1.40 bits per heavy atom. The fourth-order valence-electron chi connectivity index (χ4n) is 2.45. The zero-order valence-electron chi connectivity index (χ0n) is 11.7. The van der Waals surface area contributed by atoms with E-state index in [9.17, 15) is 13.2 Å². The molecule has 8 heteroatoms. The number of piperidine rings is 1. The number of nitrogens with zero attached hydrogens (tertiary/aromatic N) is 2. The van der Waals surface area contributed by atoms with Gasteiger partial charge in [0.05, 0.1) is 0 Å². The van der Waals surface area contributed by atoms with Gasteiger partial charge < -0.3 is 15.6 Å². The van der Waals surface area contributed by atoms with E-state index in [0.717, 1.165) is 12.8 Å². The number of aryl methyl sites for hydroxylation is 1. The second kappa shape index (κ2) is 5.55. The van der Waals surface area contributed by atoms with Gasteiger partial charge >= 0.3 is 0 Å². The summed E-state index contributed by atoms with van der Waals surface area (Å²) in [6, 6.07) is 1.69. The van der Waals surface area contributed by atoms with Crippen molar-refractivity contribution < 1.29 is 13.2 Å². The smallest absolute Gasteiger partial charge is 0.265 e. The zero-order valence-corrected chi connectivity index (χ0v) is 12.5. The highest BCUT2D eigenvalue weighted by Gasteiger charge is 2.30. The molecule has 1 aromatic heterocycles. The second-order valence-electron chi connectivity index (χ2n) is 5.00. The number of nitrogens with two attached hydrogens (primary N) is 1. The van der Waals surface area contributed by atoms with Crippen molar-refractivity contribution >= 4 is 15.9 Å². The summed E-state index contributed by atoms with van der Waals surface area (Å²) in [6.45, 7) is 0.962. The fourth-order valence-corrected chi connectivity index (χ4v) is 4.00. The Kier molecular flexibility index (Phi) is 4.17. The van der Waals surface area contributed by atoms with Crippen molar-refractivity contribution in [2.75, 3.05) is 20.1 Å². The summed E-state index contributed by atoms with van der Waals surface area (Å²) in [4.78, 5) is 11.3. The summed E-state index contributed by atoms with van der Waals surface area (Å²) in [5.41, 5.74) is 5.40. The predicted octanol–water partition coefficient (Wildman–Crippen LogP) is -0.503. The molecular weight excluding hydrogens is 280 g/mol. The van der Waals surface area contributed by atoms with Crippen molar-refractivity contribution in [3.05, 3.63) is 18.0 Å². The molecule has 1 saturated heterocycles. The van der Waals surface area contributed by atoms with E-state index in [0.29, 0.717) is 19.1 Å². The van der Waals surface area contributed by atoms with Gasteiger partial charge in [-0.2, -0.15) is 4.31 Å². The van der Waals surface area contributed by atoms with Crippen molar-refractivity contribution in [3.8, 4) is 0 Å². The lowest BCUT2D eigenvalue weighted by atomic mass is 10.1. The molecule has 0 aromatic carbocycles. The molecule has 1 aromatic rings. The van der Waals surface area contributed by atoms with Gasteiger partial charge in [0.1, 0.15) is 10.6 Å². The van der Waals surface area contributed by atoms with E-state index >= 15 is 0 Å². The molecule has 1 fully saturated rings. The third kappa shape index (κ3) is 2.72. The molecule has 0 unspecified atom stereocenters. The van der Waals surface area contributed by atoms with Crippen molar-refractivity contribution in [2.45, 2.75) is 23.8 Å². The van der Waals surface area contributed by atoms with E-state index in [-0.39, 0.29) is 10.6 Å². The minimum Gasteiger partial charge on any atom is -0.364 e. The molecule has 1 amide bonds. The van der Waals surface area contributed by atoms with Crippen molar-refractivity contribution in [3.63, 3.8) is 0 Å². The number of sulfonamides is 1. The Labute approximate surface area is 118 Å². The highest BCUT2D eigenvalue weighted by Crippen LogP contribution is 2.22. The molecule has 0 saturated carbocycles. The van der Waals surface area contributed by atoms with Crippen molar-refractivity contribution in [1.29, 1.82) is 0 Å². The average Bonchev–Trinajstić information content (AvgIpc) is 2.82. The number of amides is 1. The first-order valence-corrected chi connectivity index (χ1v) is 7.94. The Morgan fingerprint density at radius 3 is 2.45 bits per heavy atom. The molecule has 0 radical (unpaired) electrons. The SMILES string of the molecule is CNC1CCN(S(=O)(=O)c2cc(C(N)=O)n(C)c2)CC1. The number of hydrogen-bond acceptors (Lipinski definition) is 4. The number of hydrogen-bond donors (Lipinski definition) is 2. The summed E-state index contributed by atoms with van der Waals surface area (Å²) in [7, 11) is -0.0683. The van der Waals surface area contributed by atoms with Crippen LogP contribution in [0.3, 0.4) is 0 Å². The van der Waals surface area contributed by atoms with Gasteiger partial charge in [-0.05, 0) is 26.0 Å². The molecule has 3 N–H and O–H groups in total. The van der Waals surface area contributed by atoms with E-state index in [1.807, 2.05) is 7.05 Å². The van der Waals surface area contributed by atoms with Crippen LogP contribution in [0.4, 0.5) is 0 Å². The van der Waals surface area contributed by atoms with Gasteiger partial charge in [0.15, 0.2) is 0 Å². The highest BCUT2D eigenvalue weighted by molar-refractivity contribution is 7.89. The maximum Gasteiger partial charge on any atom is 0.265 e. The average molecular weight is 300 g/mol. The monoisotopic (exact) mass is 300 g/mol. The quantitative estimate of drug-likeness (QED) is 0.783. The first-order valence-electron chi connectivity index (χ1n) is 6.50. The largest absolute Gasteiger partial charge is 0.364 e. The van der Waals surface area contributed by atoms with Crippen LogP contribution in [0, 0.1) is 0 Å². The standard InChI is InChI=1S/C12H20N4O3S/c1-14-9-3-5-16(6-4-9)20(18,19)10-7-11(12(13)17)15(2)8-10/h7-9,14H,3-6H2,1-2H3,(H2,13,17). The first-order chi connectivity index (χ1) is 9.36. The second-order valence-corrected chi connectivity index (χ2v) is 6.94. The molecule has 0 atom stereocenters. The Bertz CT molecular complexity index is 600. The lowest BCUT2D eigenvalue weighted by molar-refractivity contribution is 0.0992. The van der Waals surface area contributed by atoms with Crippen LogP contribution in [-0.4, -0.2) is 49.4 Å². The number of nitrogens with one attached hydrogen (secondary N) is 1. The minimum absolute atomic E-state index is 0.122. The number of aromatic nitrogens is 1. The van der Waals surface area contributed by atoms with Crippen LogP contribution in [0.25, 0.3) is 0 Å². The summed E-state index contributed by atoms with van der Waals surface area (Å²) in [6.07, 6.45) is 3.00. The van der Waals surface area contributed by atoms with Gasteiger partial charge in [-0.1, -0.05) is 0 Å². The van der Waals surface area contributed by atoms with E-state index < -0.39 is 15.9 Å². The normalized spacial score (nSPS) is 18.3. The minimum atomic E-state index is -3.55. The molecule has 0 aliphatic carbocycles. The maximum absolute atomic E-state index is 12.5. The summed E-state index contributed by atoms with van der Waals surface area (Å²) < 4.78 is 27.9. The summed E-state index contributed by atoms with van der Waals surface area (Å²) >= 11 is 0. The van der Waals surface area contributed by atoms with Crippen LogP contribution in [0.15, 0.2) is 17.2 Å². The summed E-state index contributed by atoms with van der Waals surface area (Å²) in [5, 5.41) is 3.16. The molecule has 20 heavy (non-hydrogen) atoms. The molecule has 7 nitrogen and oxygen atoms in total. The first kappa shape index (κ1) is 15.0. The molecule has 0 spiro atoms. The number of carbonyl (C=O) groups is 1. The third-order valence-electron chi connectivity index (χ3n) is 3.73. The number of primary amides is 1. The van der Waals surface area contributed by atoms with Gasteiger partial charge in [0.2, 0.25) is 10.0 Å². The Morgan fingerprint density at radius 2 is 2.00 bits per heavy atom. The Balaban J connectivity index is 2.23. The molecule has 1 aliphatic heterocycles. The van der Waals surface area contributed by atoms with Crippen molar-refractivity contribution in [1.82, 2.24) is 14.2 Å². The summed E-state index contributed by atoms with van der Waals surface area (Å²) in [5.74, 6) is -0.636. The fraction of sp³-hybridized carbons (Fsp3) is 0.583. The molecule has 2 heterocycles. The topological polar surface area (TPSA) is 97.4 Å². The van der Waals surface area contributed by atoms with E-state index in [1.54, 1.807) is 7.05 Å². The van der Waals surface area contributed by atoms with Crippen LogP contribution in [0.5, 0.6) is 0 Å². The van der Waals surface area contributed by atoms with Gasteiger partial charge in [-0.15, -0.1) is 0 Å². The van der Waals surface area contributed by atoms with Crippen LogP contribution >= 0.6 is 0 Å². The lowest BCUT2D eigenvalue weighted by Crippen LogP contribution is -2.43. The maximum atomic E-state index is 12.5. The molecule has 112 valence electrons. The van der Waals surface area contributed by atoms with Gasteiger partial charge in [-0.3, -0.25) is 4.79 Å². The molecule has 0 bridgehead atoms. The van der Waals surface area contributed by atoms with Crippen LogP contribution in [0.1, 0.15) is 23.3 Å². The van der Waals surface area contributed by atoms with Crippen molar-refractivity contribution in [2.24, 2.45) is 12.8 Å². The molecular formula is C12H20N4O3S. The lowest BCUT2D eigenvalue weighted by Gasteiger charge is -2.30.